The number of benzene rings is 1. The third kappa shape index (κ3) is 2.14. The third-order valence-corrected chi connectivity index (χ3v) is 3.65. The van der Waals surface area contributed by atoms with Crippen molar-refractivity contribution in [3.8, 4) is 0 Å². The SMILES string of the molecule is CC1Cc2ccc(Cl)cc2C(c2cccnc2)N1. The molecule has 1 aromatic heterocycles. The van der Waals surface area contributed by atoms with Crippen molar-refractivity contribution in [1.82, 2.24) is 10.3 Å². The van der Waals surface area contributed by atoms with Crippen LogP contribution in [0.25, 0.3) is 0 Å². The van der Waals surface area contributed by atoms with Crippen LogP contribution in [-0.4, -0.2) is 11.0 Å². The van der Waals surface area contributed by atoms with Gasteiger partial charge >= 0.3 is 0 Å². The molecule has 1 aliphatic heterocycles. The quantitative estimate of drug-likeness (QED) is 0.849. The van der Waals surface area contributed by atoms with Crippen LogP contribution in [0, 0.1) is 0 Å². The summed E-state index contributed by atoms with van der Waals surface area (Å²) in [5, 5.41) is 4.41. The Bertz CT molecular complexity index is 554. The van der Waals surface area contributed by atoms with E-state index in [1.165, 1.54) is 16.7 Å². The van der Waals surface area contributed by atoms with Gasteiger partial charge in [0.2, 0.25) is 0 Å². The Morgan fingerprint density at radius 2 is 2.22 bits per heavy atom. The standard InChI is InChI=1S/C15H15ClN2/c1-10-7-11-4-5-13(16)8-14(11)15(18-10)12-3-2-6-17-9-12/h2-6,8-10,15,18H,7H2,1H3. The molecule has 0 bridgehead atoms. The highest BCUT2D eigenvalue weighted by Crippen LogP contribution is 2.32. The third-order valence-electron chi connectivity index (χ3n) is 3.41. The lowest BCUT2D eigenvalue weighted by atomic mass is 9.88. The molecule has 1 aliphatic rings. The van der Waals surface area contributed by atoms with Crippen LogP contribution in [-0.2, 0) is 6.42 Å². The molecule has 0 radical (unpaired) electrons. The van der Waals surface area contributed by atoms with E-state index in [9.17, 15) is 0 Å². The number of nitrogens with one attached hydrogen (secondary N) is 1. The van der Waals surface area contributed by atoms with E-state index in [-0.39, 0.29) is 6.04 Å². The van der Waals surface area contributed by atoms with E-state index in [0.717, 1.165) is 11.4 Å². The highest BCUT2D eigenvalue weighted by atomic mass is 35.5. The van der Waals surface area contributed by atoms with Gasteiger partial charge in [0.1, 0.15) is 0 Å². The number of nitrogens with zero attached hydrogens (tertiary/aromatic N) is 1. The Morgan fingerprint density at radius 3 is 3.00 bits per heavy atom. The molecule has 18 heavy (non-hydrogen) atoms. The fourth-order valence-corrected chi connectivity index (χ4v) is 2.79. The number of rotatable bonds is 1. The number of fused-ring (bicyclic) bond motifs is 1. The summed E-state index contributed by atoms with van der Waals surface area (Å²) in [6.07, 6.45) is 4.76. The zero-order valence-corrected chi connectivity index (χ0v) is 11.0. The maximum absolute atomic E-state index is 6.12. The molecule has 2 heterocycles. The summed E-state index contributed by atoms with van der Waals surface area (Å²) in [6.45, 7) is 2.21. The lowest BCUT2D eigenvalue weighted by Gasteiger charge is -2.31. The van der Waals surface area contributed by atoms with E-state index in [0.29, 0.717) is 6.04 Å². The molecule has 0 saturated heterocycles. The lowest BCUT2D eigenvalue weighted by molar-refractivity contribution is 0.463. The maximum atomic E-state index is 6.12. The smallest absolute Gasteiger partial charge is 0.0597 e. The van der Waals surface area contributed by atoms with E-state index in [4.69, 9.17) is 11.6 Å². The Morgan fingerprint density at radius 1 is 1.33 bits per heavy atom. The minimum Gasteiger partial charge on any atom is -0.303 e. The second-order valence-corrected chi connectivity index (χ2v) is 5.27. The van der Waals surface area contributed by atoms with Crippen molar-refractivity contribution < 1.29 is 0 Å². The van der Waals surface area contributed by atoms with Gasteiger partial charge in [-0.15, -0.1) is 0 Å². The second kappa shape index (κ2) is 4.71. The predicted molar refractivity (Wildman–Crippen MR) is 73.8 cm³/mol. The van der Waals surface area contributed by atoms with Crippen molar-refractivity contribution in [2.24, 2.45) is 0 Å². The summed E-state index contributed by atoms with van der Waals surface area (Å²) >= 11 is 6.12. The minimum atomic E-state index is 0.191. The fraction of sp³-hybridized carbons (Fsp3) is 0.267. The zero-order valence-electron chi connectivity index (χ0n) is 10.2. The molecule has 92 valence electrons. The molecule has 0 amide bonds. The van der Waals surface area contributed by atoms with Gasteiger partial charge in [0, 0.05) is 23.5 Å². The van der Waals surface area contributed by atoms with Crippen LogP contribution in [0.2, 0.25) is 5.02 Å². The fourth-order valence-electron chi connectivity index (χ4n) is 2.61. The first-order valence-electron chi connectivity index (χ1n) is 6.18. The van der Waals surface area contributed by atoms with Crippen molar-refractivity contribution in [2.75, 3.05) is 0 Å². The van der Waals surface area contributed by atoms with Gasteiger partial charge in [-0.1, -0.05) is 23.7 Å². The largest absolute Gasteiger partial charge is 0.303 e. The van der Waals surface area contributed by atoms with Gasteiger partial charge in [-0.05, 0) is 48.2 Å². The van der Waals surface area contributed by atoms with E-state index in [2.05, 4.69) is 35.4 Å². The Labute approximate surface area is 112 Å². The van der Waals surface area contributed by atoms with Crippen molar-refractivity contribution in [3.63, 3.8) is 0 Å². The molecule has 2 atom stereocenters. The van der Waals surface area contributed by atoms with Crippen LogP contribution in [0.5, 0.6) is 0 Å². The second-order valence-electron chi connectivity index (χ2n) is 4.83. The molecule has 2 nitrogen and oxygen atoms in total. The monoisotopic (exact) mass is 258 g/mol. The highest BCUT2D eigenvalue weighted by molar-refractivity contribution is 6.30. The van der Waals surface area contributed by atoms with Crippen LogP contribution >= 0.6 is 11.6 Å². The molecule has 1 aromatic carbocycles. The molecule has 1 N–H and O–H groups in total. The first-order valence-corrected chi connectivity index (χ1v) is 6.56. The van der Waals surface area contributed by atoms with Crippen molar-refractivity contribution in [3.05, 3.63) is 64.4 Å². The van der Waals surface area contributed by atoms with E-state index >= 15 is 0 Å². The topological polar surface area (TPSA) is 24.9 Å². The van der Waals surface area contributed by atoms with Crippen LogP contribution in [0.15, 0.2) is 42.7 Å². The van der Waals surface area contributed by atoms with Crippen molar-refractivity contribution in [1.29, 1.82) is 0 Å². The number of halogens is 1. The molecule has 0 spiro atoms. The number of pyridine rings is 1. The molecule has 3 heteroatoms. The molecule has 0 saturated carbocycles. The van der Waals surface area contributed by atoms with E-state index < -0.39 is 0 Å². The van der Waals surface area contributed by atoms with Gasteiger partial charge in [0.15, 0.2) is 0 Å². The van der Waals surface area contributed by atoms with Gasteiger partial charge in [-0.2, -0.15) is 0 Å². The van der Waals surface area contributed by atoms with Crippen LogP contribution in [0.1, 0.15) is 29.7 Å². The minimum absolute atomic E-state index is 0.191. The summed E-state index contributed by atoms with van der Waals surface area (Å²) < 4.78 is 0. The number of hydrogen-bond acceptors (Lipinski definition) is 2. The summed E-state index contributed by atoms with van der Waals surface area (Å²) in [5.41, 5.74) is 3.83. The molecule has 0 aliphatic carbocycles. The zero-order chi connectivity index (χ0) is 12.5. The van der Waals surface area contributed by atoms with Crippen LogP contribution in [0.4, 0.5) is 0 Å². The molecule has 2 unspecified atom stereocenters. The van der Waals surface area contributed by atoms with Crippen LogP contribution < -0.4 is 5.32 Å². The van der Waals surface area contributed by atoms with Gasteiger partial charge in [-0.3, -0.25) is 4.98 Å². The lowest BCUT2D eigenvalue weighted by Crippen LogP contribution is -2.37. The molecule has 0 fully saturated rings. The molecular weight excluding hydrogens is 244 g/mol. The summed E-state index contributed by atoms with van der Waals surface area (Å²) in [5.74, 6) is 0. The van der Waals surface area contributed by atoms with Crippen LogP contribution in [0.3, 0.4) is 0 Å². The summed E-state index contributed by atoms with van der Waals surface area (Å²) in [4.78, 5) is 4.21. The van der Waals surface area contributed by atoms with Gasteiger partial charge in [0.25, 0.3) is 0 Å². The van der Waals surface area contributed by atoms with Crippen molar-refractivity contribution in [2.45, 2.75) is 25.4 Å². The Kier molecular flexibility index (Phi) is 3.06. The normalized spacial score (nSPS) is 22.6. The maximum Gasteiger partial charge on any atom is 0.0597 e. The first-order chi connectivity index (χ1) is 8.74. The van der Waals surface area contributed by atoms with E-state index in [1.807, 2.05) is 18.3 Å². The summed E-state index contributed by atoms with van der Waals surface area (Å²) in [7, 11) is 0. The van der Waals surface area contributed by atoms with Gasteiger partial charge in [-0.25, -0.2) is 0 Å². The molecule has 2 aromatic rings. The molecular formula is C15H15ClN2. The first kappa shape index (κ1) is 11.7. The van der Waals surface area contributed by atoms with Gasteiger partial charge in [0.05, 0.1) is 6.04 Å². The highest BCUT2D eigenvalue weighted by Gasteiger charge is 2.25. The van der Waals surface area contributed by atoms with Crippen molar-refractivity contribution >= 4 is 11.6 Å². The van der Waals surface area contributed by atoms with Gasteiger partial charge < -0.3 is 5.32 Å². The Balaban J connectivity index is 2.09. The number of aromatic nitrogens is 1. The average molecular weight is 259 g/mol. The predicted octanol–water partition coefficient (Wildman–Crippen LogP) is 3.36. The average Bonchev–Trinajstić information content (AvgIpc) is 2.39. The summed E-state index contributed by atoms with van der Waals surface area (Å²) in [6, 6.07) is 10.9. The van der Waals surface area contributed by atoms with E-state index in [1.54, 1.807) is 6.20 Å². The number of hydrogen-bond donors (Lipinski definition) is 1. The Hall–Kier alpha value is -1.38. The molecule has 3 rings (SSSR count).